The van der Waals surface area contributed by atoms with Crippen LogP contribution in [0.5, 0.6) is 0 Å². The molecule has 0 saturated carbocycles. The number of piperazine rings is 1. The number of benzene rings is 1. The molecule has 18 heavy (non-hydrogen) atoms. The largest absolute Gasteiger partial charge is 0.397 e. The first kappa shape index (κ1) is 13.9. The Morgan fingerprint density at radius 1 is 1.44 bits per heavy atom. The molecule has 0 aliphatic carbocycles. The summed E-state index contributed by atoms with van der Waals surface area (Å²) in [6, 6.07) is 3.79. The third kappa shape index (κ3) is 2.71. The van der Waals surface area contributed by atoms with E-state index in [4.69, 9.17) is 5.73 Å². The Bertz CT molecular complexity index is 438. The number of likely N-dealkylation sites (N-methyl/N-ethyl adjacent to an activating group) is 1. The number of nitrogens with two attached hydrogens (primary N) is 1. The summed E-state index contributed by atoms with van der Waals surface area (Å²) >= 11 is 1.97. The van der Waals surface area contributed by atoms with Crippen LogP contribution < -0.4 is 10.6 Å². The summed E-state index contributed by atoms with van der Waals surface area (Å²) in [6.45, 7) is 4.99. The molecule has 0 bridgehead atoms. The van der Waals surface area contributed by atoms with Gasteiger partial charge in [0, 0.05) is 31.7 Å². The third-order valence-corrected chi connectivity index (χ3v) is 4.49. The Labute approximate surface area is 121 Å². The first-order valence-corrected chi connectivity index (χ1v) is 7.30. The predicted octanol–water partition coefficient (Wildman–Crippen LogP) is 2.54. The number of halogens is 2. The molecular weight excluding hydrogens is 344 g/mol. The van der Waals surface area contributed by atoms with Gasteiger partial charge in [-0.25, -0.2) is 4.39 Å². The molecule has 0 spiro atoms. The average molecular weight is 363 g/mol. The number of hydrogen-bond donors (Lipinski definition) is 1. The summed E-state index contributed by atoms with van der Waals surface area (Å²) in [6.07, 6.45) is 1.10. The van der Waals surface area contributed by atoms with Gasteiger partial charge in [-0.2, -0.15) is 0 Å². The van der Waals surface area contributed by atoms with Crippen molar-refractivity contribution in [1.29, 1.82) is 0 Å². The standard InChI is InChI=1S/C13H19FIN3/c1-3-9-8-18(5-4-17(9)2)13-6-10(14)11(15)7-12(13)16/h6-7,9H,3-5,8,16H2,1-2H3. The second kappa shape index (κ2) is 5.61. The van der Waals surface area contributed by atoms with E-state index < -0.39 is 0 Å². The van der Waals surface area contributed by atoms with Crippen molar-refractivity contribution in [3.63, 3.8) is 0 Å². The summed E-state index contributed by atoms with van der Waals surface area (Å²) in [5.41, 5.74) is 7.52. The normalized spacial score (nSPS) is 21.3. The Morgan fingerprint density at radius 3 is 2.83 bits per heavy atom. The molecule has 0 radical (unpaired) electrons. The minimum Gasteiger partial charge on any atom is -0.397 e. The van der Waals surface area contributed by atoms with Gasteiger partial charge in [0.15, 0.2) is 0 Å². The molecule has 1 unspecified atom stereocenters. The van der Waals surface area contributed by atoms with Gasteiger partial charge < -0.3 is 10.6 Å². The number of rotatable bonds is 2. The molecule has 1 aromatic carbocycles. The molecule has 2 N–H and O–H groups in total. The molecule has 1 heterocycles. The summed E-state index contributed by atoms with van der Waals surface area (Å²) in [7, 11) is 2.14. The van der Waals surface area contributed by atoms with Gasteiger partial charge in [-0.1, -0.05) is 6.92 Å². The zero-order valence-electron chi connectivity index (χ0n) is 10.8. The molecule has 100 valence electrons. The van der Waals surface area contributed by atoms with E-state index in [1.807, 2.05) is 22.6 Å². The van der Waals surface area contributed by atoms with Crippen LogP contribution in [0.25, 0.3) is 0 Å². The number of nitrogens with zero attached hydrogens (tertiary/aromatic N) is 2. The van der Waals surface area contributed by atoms with Crippen molar-refractivity contribution in [3.05, 3.63) is 21.5 Å². The number of anilines is 2. The summed E-state index contributed by atoms with van der Waals surface area (Å²) in [4.78, 5) is 4.55. The van der Waals surface area contributed by atoms with Crippen LogP contribution in [0.15, 0.2) is 12.1 Å². The Kier molecular flexibility index (Phi) is 4.32. The Hall–Kier alpha value is -0.560. The molecule has 1 fully saturated rings. The lowest BCUT2D eigenvalue weighted by Gasteiger charge is -2.40. The van der Waals surface area contributed by atoms with Crippen LogP contribution in [0.3, 0.4) is 0 Å². The van der Waals surface area contributed by atoms with Gasteiger partial charge in [0.05, 0.1) is 14.9 Å². The topological polar surface area (TPSA) is 32.5 Å². The third-order valence-electron chi connectivity index (χ3n) is 3.66. The first-order valence-electron chi connectivity index (χ1n) is 6.22. The van der Waals surface area contributed by atoms with Crippen LogP contribution in [0.2, 0.25) is 0 Å². The zero-order chi connectivity index (χ0) is 13.3. The highest BCUT2D eigenvalue weighted by Crippen LogP contribution is 2.29. The van der Waals surface area contributed by atoms with E-state index in [2.05, 4.69) is 23.8 Å². The van der Waals surface area contributed by atoms with E-state index in [9.17, 15) is 4.39 Å². The zero-order valence-corrected chi connectivity index (χ0v) is 12.9. The molecule has 1 atom stereocenters. The van der Waals surface area contributed by atoms with E-state index in [1.165, 1.54) is 0 Å². The Balaban J connectivity index is 2.24. The first-order chi connectivity index (χ1) is 8.52. The molecule has 0 aromatic heterocycles. The minimum atomic E-state index is -0.188. The highest BCUT2D eigenvalue weighted by atomic mass is 127. The van der Waals surface area contributed by atoms with Crippen LogP contribution >= 0.6 is 22.6 Å². The maximum atomic E-state index is 13.7. The van der Waals surface area contributed by atoms with Crippen LogP contribution in [0.1, 0.15) is 13.3 Å². The van der Waals surface area contributed by atoms with Gasteiger partial charge in [0.2, 0.25) is 0 Å². The van der Waals surface area contributed by atoms with Crippen LogP contribution in [0, 0.1) is 9.39 Å². The van der Waals surface area contributed by atoms with Crippen LogP contribution in [-0.2, 0) is 0 Å². The van der Waals surface area contributed by atoms with Gasteiger partial charge in [0.1, 0.15) is 5.82 Å². The van der Waals surface area contributed by atoms with Crippen molar-refractivity contribution in [3.8, 4) is 0 Å². The molecule has 2 rings (SSSR count). The maximum Gasteiger partial charge on any atom is 0.138 e. The molecule has 1 aliphatic heterocycles. The van der Waals surface area contributed by atoms with Gasteiger partial charge in [-0.15, -0.1) is 0 Å². The molecule has 1 aliphatic rings. The van der Waals surface area contributed by atoms with E-state index in [1.54, 1.807) is 12.1 Å². The number of nitrogen functional groups attached to an aromatic ring is 1. The fourth-order valence-electron chi connectivity index (χ4n) is 2.43. The van der Waals surface area contributed by atoms with Crippen LogP contribution in [0.4, 0.5) is 15.8 Å². The van der Waals surface area contributed by atoms with Crippen molar-refractivity contribution >= 4 is 34.0 Å². The van der Waals surface area contributed by atoms with Crippen molar-refractivity contribution in [2.75, 3.05) is 37.3 Å². The van der Waals surface area contributed by atoms with Crippen molar-refractivity contribution in [2.45, 2.75) is 19.4 Å². The lowest BCUT2D eigenvalue weighted by Crippen LogP contribution is -2.51. The molecule has 5 heteroatoms. The second-order valence-corrected chi connectivity index (χ2v) is 5.98. The summed E-state index contributed by atoms with van der Waals surface area (Å²) in [5.74, 6) is -0.188. The SMILES string of the molecule is CCC1CN(c2cc(F)c(I)cc2N)CCN1C. The Morgan fingerprint density at radius 2 is 2.17 bits per heavy atom. The molecular formula is C13H19FIN3. The fraction of sp³-hybridized carbons (Fsp3) is 0.538. The number of hydrogen-bond acceptors (Lipinski definition) is 3. The molecule has 1 saturated heterocycles. The minimum absolute atomic E-state index is 0.188. The van der Waals surface area contributed by atoms with E-state index in [-0.39, 0.29) is 5.82 Å². The monoisotopic (exact) mass is 363 g/mol. The van der Waals surface area contributed by atoms with Crippen molar-refractivity contribution < 1.29 is 4.39 Å². The highest BCUT2D eigenvalue weighted by Gasteiger charge is 2.24. The lowest BCUT2D eigenvalue weighted by molar-refractivity contribution is 0.213. The van der Waals surface area contributed by atoms with Gasteiger partial charge in [-0.3, -0.25) is 4.90 Å². The van der Waals surface area contributed by atoms with E-state index >= 15 is 0 Å². The van der Waals surface area contributed by atoms with Gasteiger partial charge in [0.25, 0.3) is 0 Å². The summed E-state index contributed by atoms with van der Waals surface area (Å²) < 4.78 is 14.2. The van der Waals surface area contributed by atoms with E-state index in [0.717, 1.165) is 31.7 Å². The average Bonchev–Trinajstić information content (AvgIpc) is 2.35. The second-order valence-electron chi connectivity index (χ2n) is 4.81. The van der Waals surface area contributed by atoms with Crippen LogP contribution in [-0.4, -0.2) is 37.6 Å². The van der Waals surface area contributed by atoms with E-state index in [0.29, 0.717) is 15.3 Å². The molecule has 0 amide bonds. The quantitative estimate of drug-likeness (QED) is 0.648. The highest BCUT2D eigenvalue weighted by molar-refractivity contribution is 14.1. The lowest BCUT2D eigenvalue weighted by atomic mass is 10.1. The fourth-order valence-corrected chi connectivity index (χ4v) is 2.92. The van der Waals surface area contributed by atoms with Gasteiger partial charge in [-0.05, 0) is 42.1 Å². The molecule has 1 aromatic rings. The predicted molar refractivity (Wildman–Crippen MR) is 82.5 cm³/mol. The van der Waals surface area contributed by atoms with Crippen molar-refractivity contribution in [1.82, 2.24) is 4.90 Å². The smallest absolute Gasteiger partial charge is 0.138 e. The molecule has 3 nitrogen and oxygen atoms in total. The van der Waals surface area contributed by atoms with Gasteiger partial charge >= 0.3 is 0 Å². The summed E-state index contributed by atoms with van der Waals surface area (Å²) in [5, 5.41) is 0. The van der Waals surface area contributed by atoms with Crippen molar-refractivity contribution in [2.24, 2.45) is 0 Å². The maximum absolute atomic E-state index is 13.7.